The second kappa shape index (κ2) is 15.4. The van der Waals surface area contributed by atoms with Crippen LogP contribution in [0.5, 0.6) is 11.5 Å². The minimum absolute atomic E-state index is 0. The third-order valence-corrected chi connectivity index (χ3v) is 8.28. The van der Waals surface area contributed by atoms with Crippen molar-refractivity contribution < 1.29 is 24.6 Å². The summed E-state index contributed by atoms with van der Waals surface area (Å²) >= 11 is 0. The molecule has 9 heteroatoms. The van der Waals surface area contributed by atoms with Crippen LogP contribution in [0.1, 0.15) is 48.7 Å². The molecule has 48 heavy (non-hydrogen) atoms. The molecule has 4 aromatic carbocycles. The van der Waals surface area contributed by atoms with Crippen LogP contribution in [-0.2, 0) is 18.0 Å². The SMILES string of the molecule is CC(C)(C/C(=N/O)C(=O)O)C(c1ccc(OCc2ccc3ccccc3n2)cc1)c1ccc(OCc2ccc3ccccc3n2)cc1.[NaH]. The predicted molar refractivity (Wildman–Crippen MR) is 189 cm³/mol. The number of oxime groups is 1. The van der Waals surface area contributed by atoms with Crippen molar-refractivity contribution in [3.63, 3.8) is 0 Å². The van der Waals surface area contributed by atoms with Gasteiger partial charge in [-0.05, 0) is 65.1 Å². The van der Waals surface area contributed by atoms with Gasteiger partial charge in [0.1, 0.15) is 24.7 Å². The zero-order valence-electron chi connectivity index (χ0n) is 26.2. The van der Waals surface area contributed by atoms with Crippen LogP contribution in [0.2, 0.25) is 0 Å². The summed E-state index contributed by atoms with van der Waals surface area (Å²) in [5, 5.41) is 24.3. The van der Waals surface area contributed by atoms with Crippen LogP contribution in [0, 0.1) is 5.41 Å². The Kier molecular flexibility index (Phi) is 11.1. The number of hydrogen-bond donors (Lipinski definition) is 2. The van der Waals surface area contributed by atoms with Crippen molar-refractivity contribution in [1.29, 1.82) is 0 Å². The maximum absolute atomic E-state index is 11.8. The number of carbonyl (C=O) groups is 1. The molecular weight excluding hydrogens is 613 g/mol. The van der Waals surface area contributed by atoms with E-state index in [2.05, 4.69) is 15.1 Å². The van der Waals surface area contributed by atoms with Crippen molar-refractivity contribution in [2.45, 2.75) is 39.4 Å². The Hall–Kier alpha value is -4.76. The molecule has 0 atom stereocenters. The third-order valence-electron chi connectivity index (χ3n) is 8.28. The Bertz CT molecular complexity index is 1920. The molecule has 6 aromatic rings. The summed E-state index contributed by atoms with van der Waals surface area (Å²) in [4.78, 5) is 21.2. The second-order valence-corrected chi connectivity index (χ2v) is 12.2. The van der Waals surface area contributed by atoms with Crippen LogP contribution in [0.4, 0.5) is 0 Å². The minimum atomic E-state index is -1.25. The number of nitrogens with zero attached hydrogens (tertiary/aromatic N) is 3. The first kappa shape index (κ1) is 34.6. The molecule has 2 N–H and O–H groups in total. The normalized spacial score (nSPS) is 11.8. The average Bonchev–Trinajstić information content (AvgIpc) is 3.09. The number of ether oxygens (including phenoxy) is 2. The summed E-state index contributed by atoms with van der Waals surface area (Å²) in [6.45, 7) is 4.59. The van der Waals surface area contributed by atoms with Gasteiger partial charge in [0, 0.05) is 23.1 Å². The van der Waals surface area contributed by atoms with E-state index in [9.17, 15) is 15.1 Å². The summed E-state index contributed by atoms with van der Waals surface area (Å²) in [7, 11) is 0. The number of fused-ring (bicyclic) bond motifs is 2. The summed E-state index contributed by atoms with van der Waals surface area (Å²) < 4.78 is 12.1. The zero-order chi connectivity index (χ0) is 32.8. The zero-order valence-corrected chi connectivity index (χ0v) is 26.2. The molecule has 0 spiro atoms. The summed E-state index contributed by atoms with van der Waals surface area (Å²) in [5.41, 5.74) is 4.47. The molecule has 0 saturated heterocycles. The fraction of sp³-hybridized carbons (Fsp3) is 0.179. The van der Waals surface area contributed by atoms with Crippen molar-refractivity contribution in [2.75, 3.05) is 0 Å². The van der Waals surface area contributed by atoms with Crippen LogP contribution < -0.4 is 9.47 Å². The molecule has 2 aromatic heterocycles. The van der Waals surface area contributed by atoms with E-state index in [-0.39, 0.29) is 47.6 Å². The van der Waals surface area contributed by atoms with Gasteiger partial charge in [-0.2, -0.15) is 0 Å². The van der Waals surface area contributed by atoms with Gasteiger partial charge in [0.15, 0.2) is 5.71 Å². The molecule has 0 saturated carbocycles. The Balaban J connectivity index is 0.00000451. The number of carboxylic acids is 1. The number of aliphatic carboxylic acids is 1. The Morgan fingerprint density at radius 2 is 1.12 bits per heavy atom. The predicted octanol–water partition coefficient (Wildman–Crippen LogP) is 7.76. The van der Waals surface area contributed by atoms with Gasteiger partial charge in [0.05, 0.1) is 22.4 Å². The van der Waals surface area contributed by atoms with E-state index in [1.54, 1.807) is 0 Å². The molecule has 0 amide bonds. The molecule has 0 bridgehead atoms. The number of pyridine rings is 2. The Morgan fingerprint density at radius 1 is 0.688 bits per heavy atom. The van der Waals surface area contributed by atoms with E-state index >= 15 is 0 Å². The molecule has 2 heterocycles. The fourth-order valence-corrected chi connectivity index (χ4v) is 5.99. The quantitative estimate of drug-likeness (QED) is 0.0603. The number of aromatic nitrogens is 2. The molecular formula is C39H36N3NaO5. The summed E-state index contributed by atoms with van der Waals surface area (Å²) in [6.07, 6.45) is 0.0429. The van der Waals surface area contributed by atoms with Gasteiger partial charge in [-0.1, -0.05) is 91.8 Å². The number of carboxylic acid groups (broad SMARTS) is 1. The molecule has 238 valence electrons. The molecule has 6 rings (SSSR count). The van der Waals surface area contributed by atoms with E-state index < -0.39 is 11.4 Å². The van der Waals surface area contributed by atoms with E-state index in [0.29, 0.717) is 24.7 Å². The standard InChI is InChI=1S/C39H35N3O5.Na.H/c1-39(2,23-36(42-45)38(43)44)37(28-13-19-32(20-14-28)46-24-30-17-11-26-7-3-5-9-34(26)40-30)29-15-21-33(22-16-29)47-25-31-18-12-27-8-4-6-10-35(27)41-31;;/h3-22,37,45H,23-25H2,1-2H3,(H,43,44);;/b42-36-;;. The van der Waals surface area contributed by atoms with Crippen LogP contribution >= 0.6 is 0 Å². The second-order valence-electron chi connectivity index (χ2n) is 12.2. The fourth-order valence-electron chi connectivity index (χ4n) is 5.99. The van der Waals surface area contributed by atoms with E-state index in [0.717, 1.165) is 44.3 Å². The molecule has 0 radical (unpaired) electrons. The van der Waals surface area contributed by atoms with Gasteiger partial charge in [0.2, 0.25) is 0 Å². The van der Waals surface area contributed by atoms with E-state index in [1.807, 2.05) is 135 Å². The Morgan fingerprint density at radius 3 is 1.54 bits per heavy atom. The van der Waals surface area contributed by atoms with E-state index in [1.165, 1.54) is 0 Å². The first-order valence-electron chi connectivity index (χ1n) is 15.4. The molecule has 0 fully saturated rings. The molecule has 0 aliphatic carbocycles. The van der Waals surface area contributed by atoms with Gasteiger partial charge in [-0.25, -0.2) is 14.8 Å². The number of hydrogen-bond acceptors (Lipinski definition) is 7. The monoisotopic (exact) mass is 649 g/mol. The first-order chi connectivity index (χ1) is 22.8. The van der Waals surface area contributed by atoms with Gasteiger partial charge in [-0.3, -0.25) is 0 Å². The number of para-hydroxylation sites is 2. The summed E-state index contributed by atoms with van der Waals surface area (Å²) in [5.74, 6) is -0.119. The maximum atomic E-state index is 11.8. The van der Waals surface area contributed by atoms with Crippen molar-refractivity contribution in [3.8, 4) is 11.5 Å². The van der Waals surface area contributed by atoms with Crippen molar-refractivity contribution in [3.05, 3.63) is 144 Å². The molecule has 8 nitrogen and oxygen atoms in total. The third kappa shape index (κ3) is 8.20. The van der Waals surface area contributed by atoms with Gasteiger partial charge in [0.25, 0.3) is 0 Å². The van der Waals surface area contributed by atoms with Gasteiger partial charge in [-0.15, -0.1) is 0 Å². The average molecular weight is 650 g/mol. The first-order valence-corrected chi connectivity index (χ1v) is 15.4. The Labute approximate surface area is 301 Å². The van der Waals surface area contributed by atoms with Gasteiger partial charge < -0.3 is 19.8 Å². The van der Waals surface area contributed by atoms with Crippen LogP contribution in [0.25, 0.3) is 21.8 Å². The number of benzene rings is 4. The van der Waals surface area contributed by atoms with E-state index in [4.69, 9.17) is 9.47 Å². The molecule has 0 unspecified atom stereocenters. The van der Waals surface area contributed by atoms with Crippen molar-refractivity contribution in [1.82, 2.24) is 9.97 Å². The topological polar surface area (TPSA) is 114 Å². The molecule has 0 aliphatic heterocycles. The van der Waals surface area contributed by atoms with Crippen molar-refractivity contribution >= 4 is 63.0 Å². The van der Waals surface area contributed by atoms with Crippen LogP contribution in [0.15, 0.2) is 126 Å². The molecule has 0 aliphatic rings. The summed E-state index contributed by atoms with van der Waals surface area (Å²) in [6, 6.07) is 39.5. The van der Waals surface area contributed by atoms with Crippen LogP contribution in [-0.4, -0.2) is 61.5 Å². The number of rotatable bonds is 12. The van der Waals surface area contributed by atoms with Crippen molar-refractivity contribution in [2.24, 2.45) is 10.6 Å². The van der Waals surface area contributed by atoms with Gasteiger partial charge >= 0.3 is 35.5 Å². The van der Waals surface area contributed by atoms with Crippen LogP contribution in [0.3, 0.4) is 0 Å².